The smallest absolute Gasteiger partial charge is 0.343 e. The van der Waals surface area contributed by atoms with Crippen LogP contribution in [0.5, 0.6) is 0 Å². The minimum Gasteiger partial charge on any atom is -0.462 e. The molecule has 0 amide bonds. The Morgan fingerprint density at radius 1 is 1.03 bits per heavy atom. The molecule has 38 heavy (non-hydrogen) atoms. The number of nitrogens with zero attached hydrogens (tertiary/aromatic N) is 6. The van der Waals surface area contributed by atoms with Crippen LogP contribution >= 0.6 is 0 Å². The van der Waals surface area contributed by atoms with Crippen LogP contribution in [0.4, 0.5) is 0 Å². The second-order valence-electron chi connectivity index (χ2n) is 8.95. The molecule has 194 valence electrons. The Kier molecular flexibility index (Phi) is 7.12. The lowest BCUT2D eigenvalue weighted by molar-refractivity contribution is 0.0527. The zero-order valence-corrected chi connectivity index (χ0v) is 21.6. The predicted molar refractivity (Wildman–Crippen MR) is 143 cm³/mol. The average molecular weight is 512 g/mol. The highest BCUT2D eigenvalue weighted by molar-refractivity contribution is 5.97. The van der Waals surface area contributed by atoms with E-state index in [1.165, 1.54) is 4.52 Å². The molecular weight excluding hydrogens is 482 g/mol. The summed E-state index contributed by atoms with van der Waals surface area (Å²) in [5.41, 5.74) is 5.70. The Labute approximate surface area is 219 Å². The third-order valence-electron chi connectivity index (χ3n) is 6.45. The van der Waals surface area contributed by atoms with Crippen molar-refractivity contribution in [1.29, 1.82) is 0 Å². The highest BCUT2D eigenvalue weighted by Gasteiger charge is 2.25. The maximum Gasteiger partial charge on any atom is 0.343 e. The number of H-pyrrole nitrogens is 1. The third-order valence-corrected chi connectivity index (χ3v) is 6.45. The third kappa shape index (κ3) is 4.60. The molecule has 0 radical (unpaired) electrons. The first-order valence-corrected chi connectivity index (χ1v) is 12.8. The maximum atomic E-state index is 13.2. The molecule has 0 bridgehead atoms. The Morgan fingerprint density at radius 2 is 1.79 bits per heavy atom. The molecule has 3 aromatic heterocycles. The van der Waals surface area contributed by atoms with E-state index in [0.717, 1.165) is 28.7 Å². The first-order chi connectivity index (χ1) is 18.5. The molecule has 0 aliphatic rings. The Bertz CT molecular complexity index is 1630. The number of esters is 1. The lowest BCUT2D eigenvalue weighted by Gasteiger charge is -2.14. The van der Waals surface area contributed by atoms with Gasteiger partial charge in [-0.2, -0.15) is 14.8 Å². The molecule has 0 unspecified atom stereocenters. The monoisotopic (exact) mass is 511 g/mol. The van der Waals surface area contributed by atoms with E-state index in [9.17, 15) is 9.59 Å². The van der Waals surface area contributed by atoms with Crippen LogP contribution in [0.1, 0.15) is 54.4 Å². The van der Waals surface area contributed by atoms with Crippen molar-refractivity contribution >= 4 is 11.6 Å². The zero-order chi connectivity index (χ0) is 26.6. The molecule has 0 saturated carbocycles. The largest absolute Gasteiger partial charge is 0.462 e. The molecule has 5 aromatic rings. The van der Waals surface area contributed by atoms with Gasteiger partial charge in [-0.25, -0.2) is 4.79 Å². The van der Waals surface area contributed by atoms with E-state index in [0.29, 0.717) is 47.7 Å². The van der Waals surface area contributed by atoms with Crippen LogP contribution in [-0.4, -0.2) is 47.4 Å². The number of carbonyl (C=O) groups excluding carboxylic acids is 1. The van der Waals surface area contributed by atoms with Crippen LogP contribution in [0, 0.1) is 0 Å². The van der Waals surface area contributed by atoms with Crippen molar-refractivity contribution in [2.45, 2.75) is 46.6 Å². The van der Waals surface area contributed by atoms with Crippen molar-refractivity contribution in [3.63, 3.8) is 0 Å². The number of benzene rings is 2. The molecule has 0 aliphatic carbocycles. The van der Waals surface area contributed by atoms with Gasteiger partial charge in [0.15, 0.2) is 5.65 Å². The molecule has 0 fully saturated rings. The van der Waals surface area contributed by atoms with Crippen LogP contribution < -0.4 is 5.56 Å². The van der Waals surface area contributed by atoms with E-state index in [4.69, 9.17) is 4.74 Å². The van der Waals surface area contributed by atoms with Crippen LogP contribution in [0.15, 0.2) is 59.5 Å². The molecule has 0 atom stereocenters. The van der Waals surface area contributed by atoms with Crippen LogP contribution in [0.3, 0.4) is 0 Å². The lowest BCUT2D eigenvalue weighted by atomic mass is 9.98. The predicted octanol–water partition coefficient (Wildman–Crippen LogP) is 4.08. The molecule has 5 rings (SSSR count). The number of aromatic nitrogens is 7. The van der Waals surface area contributed by atoms with Gasteiger partial charge < -0.3 is 9.30 Å². The molecule has 0 spiro atoms. The van der Waals surface area contributed by atoms with E-state index in [-0.39, 0.29) is 12.2 Å². The molecule has 1 N–H and O–H groups in total. The molecule has 3 heterocycles. The van der Waals surface area contributed by atoms with Gasteiger partial charge in [0.2, 0.25) is 5.82 Å². The van der Waals surface area contributed by atoms with Gasteiger partial charge in [0.25, 0.3) is 5.56 Å². The lowest BCUT2D eigenvalue weighted by Crippen LogP contribution is -2.24. The number of nitrogens with one attached hydrogen (secondary N) is 1. The van der Waals surface area contributed by atoms with Crippen molar-refractivity contribution in [3.8, 4) is 22.5 Å². The summed E-state index contributed by atoms with van der Waals surface area (Å²) in [5, 5.41) is 19.0. The van der Waals surface area contributed by atoms with E-state index >= 15 is 0 Å². The number of tetrazole rings is 1. The number of aromatic amines is 1. The summed E-state index contributed by atoms with van der Waals surface area (Å²) in [4.78, 5) is 26.2. The van der Waals surface area contributed by atoms with E-state index in [1.54, 1.807) is 6.92 Å². The summed E-state index contributed by atoms with van der Waals surface area (Å²) in [6, 6.07) is 16.1. The Balaban J connectivity index is 1.58. The molecule has 2 aromatic carbocycles. The van der Waals surface area contributed by atoms with Gasteiger partial charge in [0.1, 0.15) is 5.56 Å². The summed E-state index contributed by atoms with van der Waals surface area (Å²) in [7, 11) is 0. The van der Waals surface area contributed by atoms with Crippen molar-refractivity contribution < 1.29 is 9.53 Å². The Hall–Kier alpha value is -4.60. The fourth-order valence-corrected chi connectivity index (χ4v) is 4.71. The maximum absolute atomic E-state index is 13.2. The van der Waals surface area contributed by atoms with Crippen molar-refractivity contribution in [1.82, 2.24) is 34.8 Å². The minimum atomic E-state index is -0.468. The quantitative estimate of drug-likeness (QED) is 0.296. The fourth-order valence-electron chi connectivity index (χ4n) is 4.71. The summed E-state index contributed by atoms with van der Waals surface area (Å²) in [5.74, 6) is 0.0619. The number of carbonyl (C=O) groups is 1. The molecular formula is C28H29N7O3. The highest BCUT2D eigenvalue weighted by Crippen LogP contribution is 2.30. The summed E-state index contributed by atoms with van der Waals surface area (Å²) in [6.45, 7) is 6.40. The van der Waals surface area contributed by atoms with E-state index in [2.05, 4.69) is 25.7 Å². The van der Waals surface area contributed by atoms with Crippen molar-refractivity contribution in [3.05, 3.63) is 87.5 Å². The van der Waals surface area contributed by atoms with Gasteiger partial charge >= 0.3 is 5.97 Å². The average Bonchev–Trinajstić information content (AvgIpc) is 3.61. The second kappa shape index (κ2) is 10.8. The minimum absolute atomic E-state index is 0.197. The van der Waals surface area contributed by atoms with Gasteiger partial charge in [-0.1, -0.05) is 68.8 Å². The molecule has 10 nitrogen and oxygen atoms in total. The zero-order valence-electron chi connectivity index (χ0n) is 21.6. The van der Waals surface area contributed by atoms with Crippen molar-refractivity contribution in [2.75, 3.05) is 6.61 Å². The normalized spacial score (nSPS) is 11.2. The standard InChI is InChI=1S/C28H29N7O3/c1-4-9-20-17-34(26-24(28(37)38-6-3)23(5-2)31-35(26)27(20)36)16-18-12-14-19(15-13-18)21-10-7-8-11-22(21)25-29-32-33-30-25/h7-8,10-15,17H,4-6,9,16H2,1-3H3,(H,29,30,32,33). The summed E-state index contributed by atoms with van der Waals surface area (Å²) < 4.78 is 8.65. The number of hydrogen-bond donors (Lipinski definition) is 1. The number of fused-ring (bicyclic) bond motifs is 1. The number of ether oxygens (including phenoxy) is 1. The van der Waals surface area contributed by atoms with Gasteiger partial charge in [0, 0.05) is 23.9 Å². The molecule has 0 saturated heterocycles. The second-order valence-corrected chi connectivity index (χ2v) is 8.95. The Morgan fingerprint density at radius 3 is 2.45 bits per heavy atom. The van der Waals surface area contributed by atoms with Crippen LogP contribution in [0.25, 0.3) is 28.2 Å². The van der Waals surface area contributed by atoms with Gasteiger partial charge in [-0.3, -0.25) is 4.79 Å². The SMILES string of the molecule is CCCc1cn(Cc2ccc(-c3ccccc3-c3nn[nH]n3)cc2)c2c(C(=O)OCC)c(CC)nn2c1=O. The summed E-state index contributed by atoms with van der Waals surface area (Å²) in [6.07, 6.45) is 3.80. The fraction of sp³-hybridized carbons (Fsp3) is 0.286. The number of hydrogen-bond acceptors (Lipinski definition) is 7. The molecule has 0 aliphatic heterocycles. The first kappa shape index (κ1) is 25.1. The van der Waals surface area contributed by atoms with Crippen LogP contribution in [-0.2, 0) is 24.1 Å². The number of aryl methyl sites for hydroxylation is 2. The van der Waals surface area contributed by atoms with Gasteiger partial charge in [-0.05, 0) is 41.7 Å². The topological polar surface area (TPSA) is 120 Å². The van der Waals surface area contributed by atoms with E-state index < -0.39 is 5.97 Å². The summed E-state index contributed by atoms with van der Waals surface area (Å²) >= 11 is 0. The first-order valence-electron chi connectivity index (χ1n) is 12.8. The van der Waals surface area contributed by atoms with Crippen molar-refractivity contribution in [2.24, 2.45) is 0 Å². The molecule has 10 heteroatoms. The number of rotatable bonds is 9. The van der Waals surface area contributed by atoms with Crippen LogP contribution in [0.2, 0.25) is 0 Å². The van der Waals surface area contributed by atoms with E-state index in [1.807, 2.05) is 73.1 Å². The highest BCUT2D eigenvalue weighted by atomic mass is 16.5. The van der Waals surface area contributed by atoms with Gasteiger partial charge in [-0.15, -0.1) is 10.2 Å². The van der Waals surface area contributed by atoms with Gasteiger partial charge in [0.05, 0.1) is 12.3 Å².